The van der Waals surface area contributed by atoms with Gasteiger partial charge in [0.1, 0.15) is 0 Å². The molecule has 0 amide bonds. The summed E-state index contributed by atoms with van der Waals surface area (Å²) < 4.78 is 0. The topological polar surface area (TPSA) is 52.6 Å². The van der Waals surface area contributed by atoms with Gasteiger partial charge in [-0.3, -0.25) is 14.9 Å². The maximum absolute atomic E-state index is 4.44. The molecule has 5 nitrogen and oxygen atoms in total. The van der Waals surface area contributed by atoms with E-state index in [1.807, 2.05) is 19.3 Å². The summed E-state index contributed by atoms with van der Waals surface area (Å²) >= 11 is 0. The molecule has 0 bridgehead atoms. The number of halogens is 1. The zero-order valence-corrected chi connectivity index (χ0v) is 19.4. The standard InChI is InChI=1S/C22H31N5.HI/c1-17-8-7-12-24-21(17)15-25-22(23-3)26-20-11-13-27(18(2)14-20)16-19-9-5-4-6-10-19;/h4-10,12,18,20H,11,13-16H2,1-3H3,(H2,23,25,26);1H. The van der Waals surface area contributed by atoms with E-state index in [2.05, 4.69) is 75.8 Å². The summed E-state index contributed by atoms with van der Waals surface area (Å²) in [6.07, 6.45) is 4.08. The number of pyridine rings is 1. The van der Waals surface area contributed by atoms with Crippen LogP contribution in [-0.4, -0.2) is 41.5 Å². The highest BCUT2D eigenvalue weighted by molar-refractivity contribution is 14.0. The van der Waals surface area contributed by atoms with Crippen LogP contribution in [0.25, 0.3) is 0 Å². The Labute approximate surface area is 186 Å². The molecule has 2 aromatic rings. The number of guanidine groups is 1. The third-order valence-electron chi connectivity index (χ3n) is 5.35. The van der Waals surface area contributed by atoms with Crippen molar-refractivity contribution in [2.45, 2.75) is 51.9 Å². The second-order valence-corrected chi connectivity index (χ2v) is 7.36. The molecule has 2 N–H and O–H groups in total. The van der Waals surface area contributed by atoms with Gasteiger partial charge in [0, 0.05) is 38.4 Å². The van der Waals surface area contributed by atoms with Gasteiger partial charge in [0.2, 0.25) is 0 Å². The predicted octanol–water partition coefficient (Wildman–Crippen LogP) is 3.73. The molecular weight excluding hydrogens is 461 g/mol. The molecule has 2 atom stereocenters. The van der Waals surface area contributed by atoms with Crippen LogP contribution in [0.1, 0.15) is 36.6 Å². The second-order valence-electron chi connectivity index (χ2n) is 7.36. The van der Waals surface area contributed by atoms with Crippen molar-refractivity contribution in [3.8, 4) is 0 Å². The van der Waals surface area contributed by atoms with Crippen LogP contribution < -0.4 is 10.6 Å². The van der Waals surface area contributed by atoms with Crippen molar-refractivity contribution in [1.29, 1.82) is 0 Å². The molecule has 1 fully saturated rings. The van der Waals surface area contributed by atoms with Crippen molar-refractivity contribution in [3.63, 3.8) is 0 Å². The number of likely N-dealkylation sites (tertiary alicyclic amines) is 1. The summed E-state index contributed by atoms with van der Waals surface area (Å²) in [4.78, 5) is 11.4. The van der Waals surface area contributed by atoms with Crippen LogP contribution in [0, 0.1) is 6.92 Å². The van der Waals surface area contributed by atoms with Crippen LogP contribution in [0.5, 0.6) is 0 Å². The quantitative estimate of drug-likeness (QED) is 0.379. The van der Waals surface area contributed by atoms with E-state index in [1.165, 1.54) is 11.1 Å². The van der Waals surface area contributed by atoms with Gasteiger partial charge in [-0.15, -0.1) is 24.0 Å². The van der Waals surface area contributed by atoms with Crippen molar-refractivity contribution in [1.82, 2.24) is 20.5 Å². The first-order chi connectivity index (χ1) is 13.2. The normalized spacial score (nSPS) is 20.3. The van der Waals surface area contributed by atoms with Crippen LogP contribution in [-0.2, 0) is 13.1 Å². The van der Waals surface area contributed by atoms with E-state index in [1.54, 1.807) is 0 Å². The molecule has 0 spiro atoms. The minimum atomic E-state index is 0. The maximum Gasteiger partial charge on any atom is 0.191 e. The highest BCUT2D eigenvalue weighted by Crippen LogP contribution is 2.20. The first kappa shape index (κ1) is 22.6. The number of nitrogens with one attached hydrogen (secondary N) is 2. The van der Waals surface area contributed by atoms with Crippen LogP contribution in [0.3, 0.4) is 0 Å². The van der Waals surface area contributed by atoms with Gasteiger partial charge >= 0.3 is 0 Å². The molecule has 28 heavy (non-hydrogen) atoms. The molecule has 1 aromatic carbocycles. The lowest BCUT2D eigenvalue weighted by molar-refractivity contribution is 0.134. The van der Waals surface area contributed by atoms with Crippen molar-refractivity contribution in [2.75, 3.05) is 13.6 Å². The third-order valence-corrected chi connectivity index (χ3v) is 5.35. The molecule has 152 valence electrons. The molecule has 0 radical (unpaired) electrons. The fraction of sp³-hybridized carbons (Fsp3) is 0.455. The number of hydrogen-bond acceptors (Lipinski definition) is 3. The summed E-state index contributed by atoms with van der Waals surface area (Å²) in [6.45, 7) is 7.23. The van der Waals surface area contributed by atoms with Gasteiger partial charge in [0.15, 0.2) is 5.96 Å². The molecule has 6 heteroatoms. The number of aromatic nitrogens is 1. The lowest BCUT2D eigenvalue weighted by Gasteiger charge is -2.38. The molecule has 1 aliphatic rings. The lowest BCUT2D eigenvalue weighted by Crippen LogP contribution is -2.51. The van der Waals surface area contributed by atoms with E-state index in [0.29, 0.717) is 18.6 Å². The molecule has 0 saturated carbocycles. The SMILES string of the molecule is CN=C(NCc1ncccc1C)NC1CCN(Cc2ccccc2)C(C)C1.I. The van der Waals surface area contributed by atoms with Gasteiger partial charge < -0.3 is 10.6 Å². The Morgan fingerprint density at radius 2 is 2.00 bits per heavy atom. The fourth-order valence-corrected chi connectivity index (χ4v) is 3.66. The molecule has 1 aromatic heterocycles. The summed E-state index contributed by atoms with van der Waals surface area (Å²) in [5.41, 5.74) is 3.65. The first-order valence-electron chi connectivity index (χ1n) is 9.81. The maximum atomic E-state index is 4.44. The molecular formula is C22H32IN5. The van der Waals surface area contributed by atoms with Crippen molar-refractivity contribution >= 4 is 29.9 Å². The van der Waals surface area contributed by atoms with Gasteiger partial charge in [-0.1, -0.05) is 36.4 Å². The Bertz CT molecular complexity index is 750. The minimum absolute atomic E-state index is 0. The number of nitrogens with zero attached hydrogens (tertiary/aromatic N) is 3. The number of benzene rings is 1. The zero-order chi connectivity index (χ0) is 19.1. The lowest BCUT2D eigenvalue weighted by atomic mass is 9.97. The van der Waals surface area contributed by atoms with E-state index in [4.69, 9.17) is 0 Å². The van der Waals surface area contributed by atoms with Crippen molar-refractivity contribution in [2.24, 2.45) is 4.99 Å². The van der Waals surface area contributed by atoms with E-state index >= 15 is 0 Å². The summed E-state index contributed by atoms with van der Waals surface area (Å²) in [5, 5.41) is 7.00. The van der Waals surface area contributed by atoms with E-state index in [0.717, 1.165) is 37.6 Å². The van der Waals surface area contributed by atoms with Crippen molar-refractivity contribution < 1.29 is 0 Å². The third kappa shape index (κ3) is 6.44. The molecule has 3 rings (SSSR count). The Balaban J connectivity index is 0.00000280. The summed E-state index contributed by atoms with van der Waals surface area (Å²) in [5.74, 6) is 0.855. The number of aliphatic imine (C=N–C) groups is 1. The molecule has 1 aliphatic heterocycles. The number of aryl methyl sites for hydroxylation is 1. The van der Waals surface area contributed by atoms with Crippen LogP contribution in [0.2, 0.25) is 0 Å². The van der Waals surface area contributed by atoms with Crippen LogP contribution in [0.15, 0.2) is 53.7 Å². The van der Waals surface area contributed by atoms with Gasteiger partial charge in [-0.25, -0.2) is 0 Å². The van der Waals surface area contributed by atoms with E-state index in [-0.39, 0.29) is 24.0 Å². The zero-order valence-electron chi connectivity index (χ0n) is 17.1. The van der Waals surface area contributed by atoms with Gasteiger partial charge in [-0.05, 0) is 43.9 Å². The minimum Gasteiger partial charge on any atom is -0.354 e. The Morgan fingerprint density at radius 3 is 2.68 bits per heavy atom. The number of piperidine rings is 1. The molecule has 2 heterocycles. The van der Waals surface area contributed by atoms with E-state index < -0.39 is 0 Å². The molecule has 1 saturated heterocycles. The highest BCUT2D eigenvalue weighted by Gasteiger charge is 2.25. The summed E-state index contributed by atoms with van der Waals surface area (Å²) in [7, 11) is 1.83. The fourth-order valence-electron chi connectivity index (χ4n) is 3.66. The number of rotatable bonds is 5. The first-order valence-corrected chi connectivity index (χ1v) is 9.81. The highest BCUT2D eigenvalue weighted by atomic mass is 127. The van der Waals surface area contributed by atoms with E-state index in [9.17, 15) is 0 Å². The smallest absolute Gasteiger partial charge is 0.191 e. The summed E-state index contributed by atoms with van der Waals surface area (Å²) in [6, 6.07) is 15.8. The van der Waals surface area contributed by atoms with Crippen LogP contribution in [0.4, 0.5) is 0 Å². The molecule has 2 unspecified atom stereocenters. The molecule has 0 aliphatic carbocycles. The van der Waals surface area contributed by atoms with Crippen LogP contribution >= 0.6 is 24.0 Å². The van der Waals surface area contributed by atoms with Gasteiger partial charge in [0.05, 0.1) is 12.2 Å². The van der Waals surface area contributed by atoms with Crippen molar-refractivity contribution in [3.05, 3.63) is 65.5 Å². The Hall–Kier alpha value is -1.67. The second kappa shape index (κ2) is 11.4. The largest absolute Gasteiger partial charge is 0.354 e. The van der Waals surface area contributed by atoms with Gasteiger partial charge in [-0.2, -0.15) is 0 Å². The number of hydrogen-bond donors (Lipinski definition) is 2. The Morgan fingerprint density at radius 1 is 1.21 bits per heavy atom. The van der Waals surface area contributed by atoms with Gasteiger partial charge in [0.25, 0.3) is 0 Å². The average Bonchev–Trinajstić information content (AvgIpc) is 2.69. The average molecular weight is 493 g/mol. The predicted molar refractivity (Wildman–Crippen MR) is 127 cm³/mol. The monoisotopic (exact) mass is 493 g/mol. The Kier molecular flexibility index (Phi) is 9.18.